The van der Waals surface area contributed by atoms with Crippen LogP contribution in [0.1, 0.15) is 45.4 Å². The van der Waals surface area contributed by atoms with Crippen molar-refractivity contribution in [1.29, 1.82) is 0 Å². The average molecular weight is 445 g/mol. The molecule has 3 N–H and O–H groups in total. The van der Waals surface area contributed by atoms with Gasteiger partial charge in [0, 0.05) is 50.1 Å². The predicted octanol–water partition coefficient (Wildman–Crippen LogP) is 4.36. The van der Waals surface area contributed by atoms with Crippen molar-refractivity contribution in [2.45, 2.75) is 57.5 Å². The Morgan fingerprint density at radius 1 is 1.06 bits per heavy atom. The third-order valence-electron chi connectivity index (χ3n) is 6.42. The Morgan fingerprint density at radius 3 is 2.58 bits per heavy atom. The monoisotopic (exact) mass is 444 g/mol. The molecule has 2 aliphatic rings. The number of halogens is 1. The highest BCUT2D eigenvalue weighted by atomic mass is 35.5. The first kappa shape index (κ1) is 22.2. The van der Waals surface area contributed by atoms with Crippen LogP contribution in [-0.2, 0) is 4.74 Å². The molecule has 0 radical (unpaired) electrons. The third-order valence-corrected chi connectivity index (χ3v) is 6.72. The van der Waals surface area contributed by atoms with E-state index in [1.807, 2.05) is 12.1 Å². The number of nitrogens with one attached hydrogen (secondary N) is 3. The van der Waals surface area contributed by atoms with Crippen molar-refractivity contribution >= 4 is 23.2 Å². The highest BCUT2D eigenvalue weighted by molar-refractivity contribution is 6.33. The minimum Gasteiger partial charge on any atom is -0.383 e. The van der Waals surface area contributed by atoms with Crippen molar-refractivity contribution in [3.63, 3.8) is 0 Å². The van der Waals surface area contributed by atoms with Gasteiger partial charge >= 0.3 is 0 Å². The molecular weight excluding hydrogens is 412 g/mol. The molecule has 2 aliphatic carbocycles. The molecular formula is C23H33ClN6O. The second-order valence-electron chi connectivity index (χ2n) is 9.14. The maximum absolute atomic E-state index is 6.48. The van der Waals surface area contributed by atoms with Gasteiger partial charge in [0.25, 0.3) is 0 Å². The standard InChI is InChI=1S/C23H33ClN6O/c1-23(7-8-23)14-27-21-12-20(28-15-29-21)18-11-22(26-13-19(18)24)30-17-5-3-16(4-6-17)25-9-10-31-2/h11-13,15-17,25H,3-10,14H2,1-2H3,(H,26,30)(H,27,28,29). The molecule has 0 bridgehead atoms. The maximum atomic E-state index is 6.48. The molecule has 0 aromatic carbocycles. The van der Waals surface area contributed by atoms with Crippen LogP contribution in [0.5, 0.6) is 0 Å². The van der Waals surface area contributed by atoms with Crippen molar-refractivity contribution in [3.05, 3.63) is 29.7 Å². The summed E-state index contributed by atoms with van der Waals surface area (Å²) in [7, 11) is 1.74. The molecule has 0 spiro atoms. The first-order valence-corrected chi connectivity index (χ1v) is 11.6. The van der Waals surface area contributed by atoms with Gasteiger partial charge in [0.2, 0.25) is 0 Å². The Balaban J connectivity index is 1.36. The second-order valence-corrected chi connectivity index (χ2v) is 9.55. The molecule has 0 saturated heterocycles. The molecule has 2 aromatic rings. The largest absolute Gasteiger partial charge is 0.383 e. The zero-order valence-electron chi connectivity index (χ0n) is 18.5. The van der Waals surface area contributed by atoms with Crippen LogP contribution in [0.2, 0.25) is 5.02 Å². The number of rotatable bonds is 10. The molecule has 7 nitrogen and oxygen atoms in total. The number of hydrogen-bond donors (Lipinski definition) is 3. The summed E-state index contributed by atoms with van der Waals surface area (Å²) >= 11 is 6.48. The zero-order chi connectivity index (χ0) is 21.7. The summed E-state index contributed by atoms with van der Waals surface area (Å²) in [5.41, 5.74) is 2.09. The van der Waals surface area contributed by atoms with Crippen molar-refractivity contribution in [3.8, 4) is 11.3 Å². The molecule has 0 atom stereocenters. The van der Waals surface area contributed by atoms with Crippen molar-refractivity contribution in [2.24, 2.45) is 5.41 Å². The molecule has 4 rings (SSSR count). The van der Waals surface area contributed by atoms with Crippen LogP contribution in [0.15, 0.2) is 24.7 Å². The first-order valence-electron chi connectivity index (χ1n) is 11.3. The predicted molar refractivity (Wildman–Crippen MR) is 126 cm³/mol. The first-order chi connectivity index (χ1) is 15.0. The van der Waals surface area contributed by atoms with Gasteiger partial charge in [-0.15, -0.1) is 0 Å². The van der Waals surface area contributed by atoms with Crippen LogP contribution in [-0.4, -0.2) is 53.8 Å². The van der Waals surface area contributed by atoms with E-state index in [2.05, 4.69) is 37.8 Å². The van der Waals surface area contributed by atoms with E-state index in [0.717, 1.165) is 68.3 Å². The Labute approximate surface area is 189 Å². The highest BCUT2D eigenvalue weighted by Crippen LogP contribution is 2.44. The minimum absolute atomic E-state index is 0.412. The van der Waals surface area contributed by atoms with Crippen LogP contribution in [0, 0.1) is 5.41 Å². The van der Waals surface area contributed by atoms with Crippen LogP contribution >= 0.6 is 11.6 Å². The van der Waals surface area contributed by atoms with E-state index >= 15 is 0 Å². The molecule has 0 amide bonds. The summed E-state index contributed by atoms with van der Waals surface area (Å²) in [6.45, 7) is 4.90. The molecule has 168 valence electrons. The Morgan fingerprint density at radius 2 is 1.84 bits per heavy atom. The lowest BCUT2D eigenvalue weighted by Gasteiger charge is -2.30. The molecule has 2 heterocycles. The van der Waals surface area contributed by atoms with Crippen LogP contribution in [0.25, 0.3) is 11.3 Å². The quantitative estimate of drug-likeness (QED) is 0.469. The van der Waals surface area contributed by atoms with Crippen LogP contribution in [0.3, 0.4) is 0 Å². The molecule has 0 aliphatic heterocycles. The van der Waals surface area contributed by atoms with E-state index in [-0.39, 0.29) is 0 Å². The van der Waals surface area contributed by atoms with E-state index in [1.54, 1.807) is 19.6 Å². The van der Waals surface area contributed by atoms with E-state index in [1.165, 1.54) is 12.8 Å². The van der Waals surface area contributed by atoms with Gasteiger partial charge < -0.3 is 20.7 Å². The van der Waals surface area contributed by atoms with Gasteiger partial charge in [-0.1, -0.05) is 18.5 Å². The lowest BCUT2D eigenvalue weighted by atomic mass is 9.91. The maximum Gasteiger partial charge on any atom is 0.129 e. The van der Waals surface area contributed by atoms with Crippen molar-refractivity contribution in [2.75, 3.05) is 37.4 Å². The molecule has 8 heteroatoms. The second kappa shape index (κ2) is 10.1. The molecule has 2 saturated carbocycles. The topological polar surface area (TPSA) is 84.0 Å². The van der Waals surface area contributed by atoms with Crippen molar-refractivity contribution in [1.82, 2.24) is 20.3 Å². The smallest absolute Gasteiger partial charge is 0.129 e. The fourth-order valence-electron chi connectivity index (χ4n) is 4.03. The summed E-state index contributed by atoms with van der Waals surface area (Å²) in [6, 6.07) is 4.96. The molecule has 0 unspecified atom stereocenters. The fourth-order valence-corrected chi connectivity index (χ4v) is 4.23. The number of methoxy groups -OCH3 is 1. The SMILES string of the molecule is COCCNC1CCC(Nc2cc(-c3cc(NCC4(C)CC4)ncn3)c(Cl)cn2)CC1. The lowest BCUT2D eigenvalue weighted by Crippen LogP contribution is -2.38. The number of anilines is 2. The summed E-state index contributed by atoms with van der Waals surface area (Å²) in [5, 5.41) is 11.2. The van der Waals surface area contributed by atoms with E-state index in [0.29, 0.717) is 22.5 Å². The molecule has 2 aromatic heterocycles. The zero-order valence-corrected chi connectivity index (χ0v) is 19.2. The van der Waals surface area contributed by atoms with Gasteiger partial charge in [0.15, 0.2) is 0 Å². The third kappa shape index (κ3) is 6.28. The summed E-state index contributed by atoms with van der Waals surface area (Å²) in [4.78, 5) is 13.3. The molecule has 31 heavy (non-hydrogen) atoms. The number of aromatic nitrogens is 3. The van der Waals surface area contributed by atoms with Gasteiger partial charge in [-0.05, 0) is 50.0 Å². The Bertz CT molecular complexity index is 867. The van der Waals surface area contributed by atoms with Gasteiger partial charge in [-0.2, -0.15) is 0 Å². The van der Waals surface area contributed by atoms with Crippen molar-refractivity contribution < 1.29 is 4.74 Å². The van der Waals surface area contributed by atoms with E-state index < -0.39 is 0 Å². The van der Waals surface area contributed by atoms with E-state index in [9.17, 15) is 0 Å². The summed E-state index contributed by atoms with van der Waals surface area (Å²) in [5.74, 6) is 1.67. The number of hydrogen-bond acceptors (Lipinski definition) is 7. The number of pyridine rings is 1. The molecule has 2 fully saturated rings. The van der Waals surface area contributed by atoms with Gasteiger partial charge in [-0.3, -0.25) is 0 Å². The normalized spacial score (nSPS) is 22.2. The highest BCUT2D eigenvalue weighted by Gasteiger charge is 2.36. The number of ether oxygens (including phenoxy) is 1. The minimum atomic E-state index is 0.412. The summed E-state index contributed by atoms with van der Waals surface area (Å²) < 4.78 is 5.12. The van der Waals surface area contributed by atoms with Crippen LogP contribution < -0.4 is 16.0 Å². The van der Waals surface area contributed by atoms with E-state index in [4.69, 9.17) is 16.3 Å². The van der Waals surface area contributed by atoms with Gasteiger partial charge in [0.05, 0.1) is 17.3 Å². The Kier molecular flexibility index (Phi) is 7.25. The Hall–Kier alpha value is -1.96. The van der Waals surface area contributed by atoms with Gasteiger partial charge in [-0.25, -0.2) is 15.0 Å². The summed E-state index contributed by atoms with van der Waals surface area (Å²) in [6.07, 6.45) is 10.4. The number of nitrogens with zero attached hydrogens (tertiary/aromatic N) is 3. The fraction of sp³-hybridized carbons (Fsp3) is 0.609. The average Bonchev–Trinajstić information content (AvgIpc) is 3.53. The lowest BCUT2D eigenvalue weighted by molar-refractivity contribution is 0.191. The van der Waals surface area contributed by atoms with Gasteiger partial charge in [0.1, 0.15) is 18.0 Å². The van der Waals surface area contributed by atoms with Crippen LogP contribution in [0.4, 0.5) is 11.6 Å².